The largest absolute Gasteiger partial charge is 0.330 e. The molecule has 3 heteroatoms. The van der Waals surface area contributed by atoms with Crippen LogP contribution >= 0.6 is 11.3 Å². The fourth-order valence-electron chi connectivity index (χ4n) is 3.01. The quantitative estimate of drug-likeness (QED) is 0.797. The standard InChI is InChI=1S/C18H24N2S/c19-11-5-12-20(14-15-6-2-1-3-7-15)18(16-9-10-16)17-8-4-13-21-17/h1-4,6-8,13,16,18H,5,9-12,14,19H2. The first kappa shape index (κ1) is 14.8. The Morgan fingerprint density at radius 2 is 1.95 bits per heavy atom. The van der Waals surface area contributed by atoms with E-state index in [1.54, 1.807) is 0 Å². The molecule has 0 bridgehead atoms. The van der Waals surface area contributed by atoms with Crippen molar-refractivity contribution in [2.24, 2.45) is 11.7 Å². The molecule has 0 saturated heterocycles. The molecule has 21 heavy (non-hydrogen) atoms. The summed E-state index contributed by atoms with van der Waals surface area (Å²) in [7, 11) is 0. The van der Waals surface area contributed by atoms with Crippen molar-refractivity contribution in [3.63, 3.8) is 0 Å². The van der Waals surface area contributed by atoms with Gasteiger partial charge in [0.2, 0.25) is 0 Å². The number of hydrogen-bond donors (Lipinski definition) is 1. The average Bonchev–Trinajstić information content (AvgIpc) is 3.20. The number of rotatable bonds is 8. The Hall–Kier alpha value is -1.16. The third-order valence-electron chi connectivity index (χ3n) is 4.17. The average molecular weight is 300 g/mol. The maximum Gasteiger partial charge on any atom is 0.0473 e. The molecule has 1 aliphatic rings. The molecule has 2 nitrogen and oxygen atoms in total. The number of nitrogens with zero attached hydrogens (tertiary/aromatic N) is 1. The van der Waals surface area contributed by atoms with E-state index in [4.69, 9.17) is 5.73 Å². The second kappa shape index (κ2) is 7.21. The molecule has 1 heterocycles. The van der Waals surface area contributed by atoms with Crippen molar-refractivity contribution in [2.75, 3.05) is 13.1 Å². The van der Waals surface area contributed by atoms with Crippen molar-refractivity contribution in [1.82, 2.24) is 4.90 Å². The third-order valence-corrected chi connectivity index (χ3v) is 5.12. The predicted molar refractivity (Wildman–Crippen MR) is 90.3 cm³/mol. The van der Waals surface area contributed by atoms with Gasteiger partial charge in [-0.1, -0.05) is 36.4 Å². The van der Waals surface area contributed by atoms with Crippen LogP contribution in [0.2, 0.25) is 0 Å². The summed E-state index contributed by atoms with van der Waals surface area (Å²) >= 11 is 1.90. The molecule has 1 fully saturated rings. The molecule has 112 valence electrons. The van der Waals surface area contributed by atoms with Gasteiger partial charge in [0, 0.05) is 24.0 Å². The van der Waals surface area contributed by atoms with E-state index >= 15 is 0 Å². The van der Waals surface area contributed by atoms with E-state index in [9.17, 15) is 0 Å². The molecule has 0 amide bonds. The van der Waals surface area contributed by atoms with E-state index in [2.05, 4.69) is 52.7 Å². The van der Waals surface area contributed by atoms with E-state index in [1.807, 2.05) is 11.3 Å². The van der Waals surface area contributed by atoms with Crippen LogP contribution in [0.3, 0.4) is 0 Å². The summed E-state index contributed by atoms with van der Waals surface area (Å²) in [6.45, 7) is 2.89. The third kappa shape index (κ3) is 3.94. The van der Waals surface area contributed by atoms with Crippen LogP contribution in [0.4, 0.5) is 0 Å². The Morgan fingerprint density at radius 1 is 1.14 bits per heavy atom. The summed E-state index contributed by atoms with van der Waals surface area (Å²) in [6.07, 6.45) is 3.81. The highest BCUT2D eigenvalue weighted by atomic mass is 32.1. The summed E-state index contributed by atoms with van der Waals surface area (Å²) < 4.78 is 0. The first-order valence-corrected chi connectivity index (χ1v) is 8.78. The fourth-order valence-corrected chi connectivity index (χ4v) is 3.96. The molecule has 3 rings (SSSR count). The Labute approximate surface area is 131 Å². The number of nitrogens with two attached hydrogens (primary N) is 1. The second-order valence-electron chi connectivity index (χ2n) is 5.90. The molecule has 1 atom stereocenters. The Kier molecular flexibility index (Phi) is 5.07. The van der Waals surface area contributed by atoms with Crippen LogP contribution in [0.15, 0.2) is 47.8 Å². The topological polar surface area (TPSA) is 29.3 Å². The zero-order valence-electron chi connectivity index (χ0n) is 12.4. The lowest BCUT2D eigenvalue weighted by molar-refractivity contribution is 0.170. The second-order valence-corrected chi connectivity index (χ2v) is 6.88. The minimum atomic E-state index is 0.580. The highest BCUT2D eigenvalue weighted by Gasteiger charge is 2.36. The van der Waals surface area contributed by atoms with E-state index < -0.39 is 0 Å². The fraction of sp³-hybridized carbons (Fsp3) is 0.444. The molecule has 1 aromatic heterocycles. The van der Waals surface area contributed by atoms with Crippen molar-refractivity contribution in [3.05, 3.63) is 58.3 Å². The maximum absolute atomic E-state index is 5.76. The highest BCUT2D eigenvalue weighted by molar-refractivity contribution is 7.10. The Morgan fingerprint density at radius 3 is 2.57 bits per heavy atom. The van der Waals surface area contributed by atoms with Crippen molar-refractivity contribution in [2.45, 2.75) is 31.8 Å². The predicted octanol–water partition coefficient (Wildman–Crippen LogP) is 4.05. The molecule has 1 aliphatic carbocycles. The summed E-state index contributed by atoms with van der Waals surface area (Å²) in [5.41, 5.74) is 7.16. The van der Waals surface area contributed by atoms with E-state index in [0.717, 1.165) is 32.0 Å². The number of benzene rings is 1. The van der Waals surface area contributed by atoms with Crippen LogP contribution in [0.1, 0.15) is 35.7 Å². The molecule has 2 aromatic rings. The molecule has 1 aromatic carbocycles. The monoisotopic (exact) mass is 300 g/mol. The maximum atomic E-state index is 5.76. The lowest BCUT2D eigenvalue weighted by Gasteiger charge is -2.31. The van der Waals surface area contributed by atoms with Gasteiger partial charge in [-0.05, 0) is 48.7 Å². The van der Waals surface area contributed by atoms with Crippen LogP contribution in [-0.2, 0) is 6.54 Å². The lowest BCUT2D eigenvalue weighted by Crippen LogP contribution is -2.31. The van der Waals surface area contributed by atoms with Crippen LogP contribution < -0.4 is 5.73 Å². The van der Waals surface area contributed by atoms with Gasteiger partial charge in [0.05, 0.1) is 0 Å². The molecule has 0 radical (unpaired) electrons. The van der Waals surface area contributed by atoms with Crippen molar-refractivity contribution >= 4 is 11.3 Å². The summed E-state index contributed by atoms with van der Waals surface area (Å²) in [5.74, 6) is 0.838. The molecular weight excluding hydrogens is 276 g/mol. The highest BCUT2D eigenvalue weighted by Crippen LogP contribution is 2.46. The van der Waals surface area contributed by atoms with Gasteiger partial charge >= 0.3 is 0 Å². The lowest BCUT2D eigenvalue weighted by atomic mass is 10.1. The first-order valence-electron chi connectivity index (χ1n) is 7.90. The normalized spacial score (nSPS) is 16.3. The van der Waals surface area contributed by atoms with Gasteiger partial charge in [0.15, 0.2) is 0 Å². The van der Waals surface area contributed by atoms with Crippen molar-refractivity contribution in [1.29, 1.82) is 0 Å². The minimum Gasteiger partial charge on any atom is -0.330 e. The summed E-state index contributed by atoms with van der Waals surface area (Å²) in [5, 5.41) is 2.20. The van der Waals surface area contributed by atoms with Gasteiger partial charge in [-0.2, -0.15) is 0 Å². The van der Waals surface area contributed by atoms with E-state index in [0.29, 0.717) is 6.04 Å². The van der Waals surface area contributed by atoms with Crippen LogP contribution in [0.5, 0.6) is 0 Å². The molecule has 0 aliphatic heterocycles. The molecule has 2 N–H and O–H groups in total. The molecule has 1 saturated carbocycles. The van der Waals surface area contributed by atoms with Gasteiger partial charge < -0.3 is 5.73 Å². The van der Waals surface area contributed by atoms with Crippen LogP contribution in [0, 0.1) is 5.92 Å². The van der Waals surface area contributed by atoms with E-state index in [-0.39, 0.29) is 0 Å². The van der Waals surface area contributed by atoms with Gasteiger partial charge in [-0.3, -0.25) is 4.90 Å². The first-order chi connectivity index (χ1) is 10.4. The number of hydrogen-bond acceptors (Lipinski definition) is 3. The minimum absolute atomic E-state index is 0.580. The molecule has 0 spiro atoms. The van der Waals surface area contributed by atoms with Gasteiger partial charge in [-0.15, -0.1) is 11.3 Å². The van der Waals surface area contributed by atoms with Crippen LogP contribution in [0.25, 0.3) is 0 Å². The van der Waals surface area contributed by atoms with Crippen molar-refractivity contribution < 1.29 is 0 Å². The van der Waals surface area contributed by atoms with Gasteiger partial charge in [0.25, 0.3) is 0 Å². The van der Waals surface area contributed by atoms with Gasteiger partial charge in [0.1, 0.15) is 0 Å². The van der Waals surface area contributed by atoms with Gasteiger partial charge in [-0.25, -0.2) is 0 Å². The Balaban J connectivity index is 1.79. The zero-order chi connectivity index (χ0) is 14.5. The molecule has 1 unspecified atom stereocenters. The summed E-state index contributed by atoms with van der Waals surface area (Å²) in [4.78, 5) is 4.16. The van der Waals surface area contributed by atoms with Crippen molar-refractivity contribution in [3.8, 4) is 0 Å². The molecular formula is C18H24N2S. The summed E-state index contributed by atoms with van der Waals surface area (Å²) in [6, 6.07) is 15.9. The zero-order valence-corrected chi connectivity index (χ0v) is 13.3. The Bertz CT molecular complexity index is 519. The number of thiophene rings is 1. The smallest absolute Gasteiger partial charge is 0.0473 e. The van der Waals surface area contributed by atoms with E-state index in [1.165, 1.54) is 23.3 Å². The SMILES string of the molecule is NCCCN(Cc1ccccc1)C(c1cccs1)C1CC1. The van der Waals surface area contributed by atoms with Crippen LogP contribution in [-0.4, -0.2) is 18.0 Å².